The second kappa shape index (κ2) is 7.69. The molecule has 0 atom stereocenters. The fourth-order valence-corrected chi connectivity index (χ4v) is 4.03. The van der Waals surface area contributed by atoms with Crippen molar-refractivity contribution in [2.24, 2.45) is 0 Å². The largest absolute Gasteiger partial charge is 0.482 e. The third kappa shape index (κ3) is 4.01. The number of amides is 2. The molecule has 1 saturated heterocycles. The van der Waals surface area contributed by atoms with Crippen LogP contribution in [0.25, 0.3) is 6.08 Å². The second-order valence-electron chi connectivity index (χ2n) is 6.35. The number of aromatic carboxylic acids is 1. The predicted octanol–water partition coefficient (Wildman–Crippen LogP) is 2.80. The van der Waals surface area contributed by atoms with E-state index in [-0.39, 0.29) is 30.5 Å². The third-order valence-corrected chi connectivity index (χ3v) is 5.57. The molecule has 0 aromatic heterocycles. The van der Waals surface area contributed by atoms with E-state index >= 15 is 0 Å². The van der Waals surface area contributed by atoms with E-state index in [1.54, 1.807) is 41.3 Å². The summed E-state index contributed by atoms with van der Waals surface area (Å²) in [7, 11) is 0. The number of hydrogen-bond acceptors (Lipinski definition) is 6. The van der Waals surface area contributed by atoms with Gasteiger partial charge >= 0.3 is 5.97 Å². The van der Waals surface area contributed by atoms with Gasteiger partial charge in [-0.15, -0.1) is 0 Å². The maximum Gasteiger partial charge on any atom is 0.335 e. The number of ether oxygens (including phenoxy) is 1. The van der Waals surface area contributed by atoms with Crippen LogP contribution in [0, 0.1) is 0 Å². The zero-order chi connectivity index (χ0) is 20.5. The first kappa shape index (κ1) is 19.2. The van der Waals surface area contributed by atoms with Crippen molar-refractivity contribution in [3.8, 4) is 5.75 Å². The van der Waals surface area contributed by atoms with Crippen LogP contribution in [0.5, 0.6) is 5.75 Å². The number of carbonyl (C=O) groups excluding carboxylic acids is 2. The molecule has 0 saturated carbocycles. The number of hydrogen-bond donors (Lipinski definition) is 2. The van der Waals surface area contributed by atoms with E-state index in [0.717, 1.165) is 11.1 Å². The maximum atomic E-state index is 12.5. The zero-order valence-corrected chi connectivity index (χ0v) is 16.5. The molecule has 0 radical (unpaired) electrons. The summed E-state index contributed by atoms with van der Waals surface area (Å²) in [5.74, 6) is -0.900. The van der Waals surface area contributed by atoms with Crippen molar-refractivity contribution in [3.05, 3.63) is 64.1 Å². The highest BCUT2D eigenvalue weighted by molar-refractivity contribution is 8.26. The van der Waals surface area contributed by atoms with Gasteiger partial charge in [-0.3, -0.25) is 9.59 Å². The number of rotatable bonds is 4. The molecule has 2 aromatic rings. The highest BCUT2D eigenvalue weighted by Gasteiger charge is 2.27. The Bertz CT molecular complexity index is 1080. The number of nitrogens with one attached hydrogen (secondary N) is 1. The van der Waals surface area contributed by atoms with Crippen molar-refractivity contribution in [2.75, 3.05) is 11.5 Å². The first-order chi connectivity index (χ1) is 13.9. The summed E-state index contributed by atoms with van der Waals surface area (Å²) in [6.07, 6.45) is 1.71. The van der Waals surface area contributed by atoms with Gasteiger partial charge in [-0.25, -0.2) is 4.79 Å². The molecule has 29 heavy (non-hydrogen) atoms. The third-order valence-electron chi connectivity index (χ3n) is 4.41. The Morgan fingerprint density at radius 2 is 2.00 bits per heavy atom. The van der Waals surface area contributed by atoms with E-state index in [2.05, 4.69) is 5.32 Å². The van der Waals surface area contributed by atoms with Crippen LogP contribution in [0.3, 0.4) is 0 Å². The molecular weight excluding hydrogens is 412 g/mol. The van der Waals surface area contributed by atoms with Gasteiger partial charge in [0, 0.05) is 0 Å². The van der Waals surface area contributed by atoms with Crippen LogP contribution >= 0.6 is 24.0 Å². The van der Waals surface area contributed by atoms with E-state index < -0.39 is 5.97 Å². The lowest BCUT2D eigenvalue weighted by atomic mass is 10.1. The SMILES string of the molecule is O=C1NC(=S)S/C1=C\c1ccc2c(c1)N(Cc1ccc(C(=O)O)cc1)C(=O)CO2. The molecule has 2 aromatic carbocycles. The lowest BCUT2D eigenvalue weighted by molar-refractivity contribution is -0.121. The minimum Gasteiger partial charge on any atom is -0.482 e. The minimum absolute atomic E-state index is 0.0762. The lowest BCUT2D eigenvalue weighted by Crippen LogP contribution is -2.38. The van der Waals surface area contributed by atoms with Crippen LogP contribution in [-0.2, 0) is 16.1 Å². The van der Waals surface area contributed by atoms with Gasteiger partial charge in [-0.2, -0.15) is 0 Å². The normalized spacial score (nSPS) is 17.2. The zero-order valence-electron chi connectivity index (χ0n) is 14.9. The molecule has 7 nitrogen and oxygen atoms in total. The van der Waals surface area contributed by atoms with Gasteiger partial charge in [-0.05, 0) is 41.5 Å². The Kier molecular flexibility index (Phi) is 5.08. The van der Waals surface area contributed by atoms with Gasteiger partial charge in [0.25, 0.3) is 11.8 Å². The Labute approximate surface area is 175 Å². The number of carbonyl (C=O) groups is 3. The summed E-state index contributed by atoms with van der Waals surface area (Å²) in [5.41, 5.74) is 2.29. The molecule has 2 aliphatic heterocycles. The van der Waals surface area contributed by atoms with E-state index in [0.29, 0.717) is 20.7 Å². The monoisotopic (exact) mass is 426 g/mol. The van der Waals surface area contributed by atoms with Crippen LogP contribution in [-0.4, -0.2) is 33.8 Å². The molecule has 0 aliphatic carbocycles. The highest BCUT2D eigenvalue weighted by Crippen LogP contribution is 2.35. The molecule has 9 heteroatoms. The number of fused-ring (bicyclic) bond motifs is 1. The van der Waals surface area contributed by atoms with E-state index in [9.17, 15) is 14.4 Å². The van der Waals surface area contributed by atoms with Crippen LogP contribution in [0.2, 0.25) is 0 Å². The van der Waals surface area contributed by atoms with Gasteiger partial charge in [0.1, 0.15) is 10.1 Å². The molecule has 1 fully saturated rings. The number of thiocarbonyl (C=S) groups is 1. The highest BCUT2D eigenvalue weighted by atomic mass is 32.2. The molecule has 0 spiro atoms. The molecular formula is C20H14N2O5S2. The average Bonchev–Trinajstić information content (AvgIpc) is 3.01. The number of anilines is 1. The summed E-state index contributed by atoms with van der Waals surface area (Å²) in [6, 6.07) is 11.7. The minimum atomic E-state index is -1.00. The number of benzene rings is 2. The maximum absolute atomic E-state index is 12.5. The van der Waals surface area contributed by atoms with Crippen LogP contribution in [0.15, 0.2) is 47.4 Å². The first-order valence-corrected chi connectivity index (χ1v) is 9.77. The number of carboxylic acids is 1. The quantitative estimate of drug-likeness (QED) is 0.573. The first-order valence-electron chi connectivity index (χ1n) is 8.55. The van der Waals surface area contributed by atoms with E-state index in [1.807, 2.05) is 0 Å². The van der Waals surface area contributed by atoms with Crippen molar-refractivity contribution >= 4 is 57.8 Å². The fourth-order valence-electron chi connectivity index (χ4n) is 2.99. The summed E-state index contributed by atoms with van der Waals surface area (Å²) in [4.78, 5) is 37.5. The van der Waals surface area contributed by atoms with Crippen molar-refractivity contribution in [1.82, 2.24) is 5.32 Å². The van der Waals surface area contributed by atoms with Gasteiger partial charge < -0.3 is 20.1 Å². The van der Waals surface area contributed by atoms with Gasteiger partial charge in [0.15, 0.2) is 6.61 Å². The molecule has 0 unspecified atom stereocenters. The summed E-state index contributed by atoms with van der Waals surface area (Å²) in [6.45, 7) is 0.196. The number of thioether (sulfide) groups is 1. The van der Waals surface area contributed by atoms with Gasteiger partial charge in [-0.1, -0.05) is 42.2 Å². The topological polar surface area (TPSA) is 95.9 Å². The summed E-state index contributed by atoms with van der Waals surface area (Å²) >= 11 is 6.19. The molecule has 4 rings (SSSR count). The van der Waals surface area contributed by atoms with Crippen molar-refractivity contribution in [2.45, 2.75) is 6.54 Å². The molecule has 2 aliphatic rings. The van der Waals surface area contributed by atoms with E-state index in [4.69, 9.17) is 22.1 Å². The summed E-state index contributed by atoms with van der Waals surface area (Å²) in [5, 5.41) is 11.6. The number of carboxylic acid groups (broad SMARTS) is 1. The van der Waals surface area contributed by atoms with Crippen molar-refractivity contribution in [1.29, 1.82) is 0 Å². The smallest absolute Gasteiger partial charge is 0.335 e. The van der Waals surface area contributed by atoms with Crippen molar-refractivity contribution < 1.29 is 24.2 Å². The van der Waals surface area contributed by atoms with E-state index in [1.165, 1.54) is 23.9 Å². The molecule has 2 heterocycles. The summed E-state index contributed by atoms with van der Waals surface area (Å²) < 4.78 is 5.93. The van der Waals surface area contributed by atoms with Crippen molar-refractivity contribution in [3.63, 3.8) is 0 Å². The second-order valence-corrected chi connectivity index (χ2v) is 8.07. The average molecular weight is 426 g/mol. The Hall–Kier alpha value is -3.17. The molecule has 0 bridgehead atoms. The molecule has 2 N–H and O–H groups in total. The Balaban J connectivity index is 1.64. The molecule has 146 valence electrons. The Morgan fingerprint density at radius 3 is 2.66 bits per heavy atom. The fraction of sp³-hybridized carbons (Fsp3) is 0.100. The van der Waals surface area contributed by atoms with Gasteiger partial charge in [0.05, 0.1) is 22.7 Å². The standard InChI is InChI=1S/C20H14N2O5S2/c23-17-10-27-15-6-3-12(8-16-18(24)21-20(28)29-16)7-14(15)22(17)9-11-1-4-13(5-2-11)19(25)26/h1-8H,9-10H2,(H,25,26)(H,21,24,28)/b16-8-. The van der Waals surface area contributed by atoms with Crippen LogP contribution < -0.4 is 15.0 Å². The predicted molar refractivity (Wildman–Crippen MR) is 113 cm³/mol. The molecule has 2 amide bonds. The Morgan fingerprint density at radius 1 is 1.24 bits per heavy atom. The lowest BCUT2D eigenvalue weighted by Gasteiger charge is -2.29. The van der Waals surface area contributed by atoms with Crippen LogP contribution in [0.4, 0.5) is 5.69 Å². The number of nitrogens with zero attached hydrogens (tertiary/aromatic N) is 1. The van der Waals surface area contributed by atoms with Crippen LogP contribution in [0.1, 0.15) is 21.5 Å². The van der Waals surface area contributed by atoms with Gasteiger partial charge in [0.2, 0.25) is 0 Å².